The van der Waals surface area contributed by atoms with E-state index in [1.165, 1.54) is 10.9 Å². The minimum Gasteiger partial charge on any atom is -0.394 e. The van der Waals surface area contributed by atoms with Crippen LogP contribution in [0.25, 0.3) is 11.2 Å². The first-order valence-corrected chi connectivity index (χ1v) is 8.91. The quantitative estimate of drug-likeness (QED) is 0.360. The van der Waals surface area contributed by atoms with E-state index in [4.69, 9.17) is 4.74 Å². The fourth-order valence-electron chi connectivity index (χ4n) is 3.24. The maximum absolute atomic E-state index is 12.3. The Hall–Kier alpha value is -3.12. The third-order valence-corrected chi connectivity index (χ3v) is 4.69. The first-order valence-electron chi connectivity index (χ1n) is 8.91. The van der Waals surface area contributed by atoms with E-state index in [9.17, 15) is 24.9 Å². The van der Waals surface area contributed by atoms with Gasteiger partial charge in [-0.05, 0) is 5.56 Å². The van der Waals surface area contributed by atoms with E-state index in [0.29, 0.717) is 0 Å². The van der Waals surface area contributed by atoms with Crippen molar-refractivity contribution in [3.05, 3.63) is 52.6 Å². The Labute approximate surface area is 163 Å². The fourth-order valence-corrected chi connectivity index (χ4v) is 3.24. The first kappa shape index (κ1) is 19.2. The van der Waals surface area contributed by atoms with E-state index in [1.54, 1.807) is 12.1 Å². The number of nitrogens with zero attached hydrogens (tertiary/aromatic N) is 3. The van der Waals surface area contributed by atoms with Crippen molar-refractivity contribution in [2.24, 2.45) is 0 Å². The van der Waals surface area contributed by atoms with Crippen molar-refractivity contribution in [3.8, 4) is 0 Å². The van der Waals surface area contributed by atoms with Gasteiger partial charge in [-0.1, -0.05) is 30.3 Å². The molecule has 0 aliphatic carbocycles. The molecular weight excluding hydrogens is 382 g/mol. The van der Waals surface area contributed by atoms with E-state index < -0.39 is 36.7 Å². The standard InChI is InChI=1S/C18H19N5O6/c24-7-10-13(26)14(27)17(29-10)23-8-19-12-15(23)21-18(22-16(12)28)20-11(25)6-9-4-2-1-3-5-9/h1-5,8,10,13-14,17,24,26-27H,6-7H2,(H2,20,21,22,25,28)/t10-,13-,14-,17-/m0/s1. The second kappa shape index (κ2) is 7.72. The molecule has 11 heteroatoms. The van der Waals surface area contributed by atoms with E-state index >= 15 is 0 Å². The molecule has 0 unspecified atom stereocenters. The number of carbonyl (C=O) groups excluding carboxylic acids is 1. The minimum absolute atomic E-state index is 0.0243. The smallest absolute Gasteiger partial charge is 0.280 e. The Morgan fingerprint density at radius 1 is 1.24 bits per heavy atom. The number of benzene rings is 1. The molecule has 1 aromatic carbocycles. The molecule has 1 amide bonds. The second-order valence-electron chi connectivity index (χ2n) is 6.68. The third-order valence-electron chi connectivity index (χ3n) is 4.69. The third kappa shape index (κ3) is 3.63. The zero-order valence-electron chi connectivity index (χ0n) is 15.1. The summed E-state index contributed by atoms with van der Waals surface area (Å²) in [5, 5.41) is 32.0. The van der Waals surface area contributed by atoms with E-state index in [1.807, 2.05) is 18.2 Å². The number of carbonyl (C=O) groups is 1. The van der Waals surface area contributed by atoms with Gasteiger partial charge >= 0.3 is 0 Å². The Bertz CT molecular complexity index is 1080. The number of H-pyrrole nitrogens is 1. The zero-order chi connectivity index (χ0) is 20.5. The summed E-state index contributed by atoms with van der Waals surface area (Å²) >= 11 is 0. The van der Waals surface area contributed by atoms with Crippen LogP contribution in [0.5, 0.6) is 0 Å². The lowest BCUT2D eigenvalue weighted by molar-refractivity contribution is -0.115. The summed E-state index contributed by atoms with van der Waals surface area (Å²) in [5.41, 5.74) is 0.239. The van der Waals surface area contributed by atoms with Crippen LogP contribution >= 0.6 is 0 Å². The molecule has 0 saturated carbocycles. The van der Waals surface area contributed by atoms with Crippen LogP contribution in [-0.2, 0) is 16.0 Å². The lowest BCUT2D eigenvalue weighted by Gasteiger charge is -2.16. The van der Waals surface area contributed by atoms with Crippen molar-refractivity contribution in [1.29, 1.82) is 0 Å². The summed E-state index contributed by atoms with van der Waals surface area (Å²) < 4.78 is 6.74. The molecular formula is C18H19N5O6. The molecule has 4 atom stereocenters. The predicted molar refractivity (Wildman–Crippen MR) is 99.9 cm³/mol. The number of aliphatic hydroxyl groups is 3. The van der Waals surface area contributed by atoms with Crippen molar-refractivity contribution in [3.63, 3.8) is 0 Å². The summed E-state index contributed by atoms with van der Waals surface area (Å²) in [4.78, 5) is 35.2. The topological polar surface area (TPSA) is 163 Å². The van der Waals surface area contributed by atoms with Gasteiger partial charge in [0.15, 0.2) is 17.4 Å². The number of ether oxygens (including phenoxy) is 1. The molecule has 4 rings (SSSR count). The van der Waals surface area contributed by atoms with Gasteiger partial charge in [0.1, 0.15) is 18.3 Å². The second-order valence-corrected chi connectivity index (χ2v) is 6.68. The molecule has 5 N–H and O–H groups in total. The summed E-state index contributed by atoms with van der Waals surface area (Å²) in [6, 6.07) is 9.07. The van der Waals surface area contributed by atoms with Crippen molar-refractivity contribution < 1.29 is 24.9 Å². The Morgan fingerprint density at radius 3 is 2.69 bits per heavy atom. The van der Waals surface area contributed by atoms with Gasteiger partial charge in [-0.25, -0.2) is 4.98 Å². The van der Waals surface area contributed by atoms with Crippen molar-refractivity contribution >= 4 is 23.0 Å². The average molecular weight is 401 g/mol. The molecule has 29 heavy (non-hydrogen) atoms. The Morgan fingerprint density at radius 2 is 2.00 bits per heavy atom. The number of imidazole rings is 1. The molecule has 3 aromatic rings. The molecule has 1 aliphatic heterocycles. The van der Waals surface area contributed by atoms with Crippen LogP contribution in [0.15, 0.2) is 41.5 Å². The number of aromatic amines is 1. The maximum Gasteiger partial charge on any atom is 0.280 e. The maximum atomic E-state index is 12.3. The van der Waals surface area contributed by atoms with Crippen LogP contribution in [0, 0.1) is 0 Å². The lowest BCUT2D eigenvalue weighted by atomic mass is 10.1. The summed E-state index contributed by atoms with van der Waals surface area (Å²) in [7, 11) is 0. The van der Waals surface area contributed by atoms with E-state index in [2.05, 4.69) is 20.3 Å². The number of anilines is 1. The molecule has 1 fully saturated rings. The highest BCUT2D eigenvalue weighted by molar-refractivity contribution is 5.91. The van der Waals surface area contributed by atoms with Gasteiger partial charge in [-0.15, -0.1) is 0 Å². The lowest BCUT2D eigenvalue weighted by Crippen LogP contribution is -2.33. The molecule has 1 aliphatic rings. The van der Waals surface area contributed by atoms with Gasteiger partial charge in [0.25, 0.3) is 5.56 Å². The molecule has 0 radical (unpaired) electrons. The largest absolute Gasteiger partial charge is 0.394 e. The zero-order valence-corrected chi connectivity index (χ0v) is 15.1. The molecule has 0 bridgehead atoms. The minimum atomic E-state index is -1.36. The van der Waals surface area contributed by atoms with Gasteiger partial charge < -0.3 is 20.1 Å². The molecule has 0 spiro atoms. The van der Waals surface area contributed by atoms with Gasteiger partial charge in [0, 0.05) is 0 Å². The number of amides is 1. The number of hydrogen-bond donors (Lipinski definition) is 5. The number of hydrogen-bond acceptors (Lipinski definition) is 8. The van der Waals surface area contributed by atoms with Crippen LogP contribution in [0.3, 0.4) is 0 Å². The molecule has 3 heterocycles. The molecule has 152 valence electrons. The number of fused-ring (bicyclic) bond motifs is 1. The van der Waals surface area contributed by atoms with Gasteiger partial charge in [-0.2, -0.15) is 4.98 Å². The monoisotopic (exact) mass is 401 g/mol. The summed E-state index contributed by atoms with van der Waals surface area (Å²) in [6.07, 6.45) is -3.43. The highest BCUT2D eigenvalue weighted by Crippen LogP contribution is 2.30. The van der Waals surface area contributed by atoms with Crippen LogP contribution < -0.4 is 10.9 Å². The molecule has 1 saturated heterocycles. The summed E-state index contributed by atoms with van der Waals surface area (Å²) in [5.74, 6) is -0.463. The number of aliphatic hydroxyl groups excluding tert-OH is 3. The number of aromatic nitrogens is 4. The summed E-state index contributed by atoms with van der Waals surface area (Å²) in [6.45, 7) is -0.490. The van der Waals surface area contributed by atoms with Crippen LogP contribution in [0.2, 0.25) is 0 Å². The predicted octanol–water partition coefficient (Wildman–Crippen LogP) is -1.09. The number of nitrogens with one attached hydrogen (secondary N) is 2. The highest BCUT2D eigenvalue weighted by Gasteiger charge is 2.44. The average Bonchev–Trinajstić information content (AvgIpc) is 3.24. The number of rotatable bonds is 5. The highest BCUT2D eigenvalue weighted by atomic mass is 16.6. The van der Waals surface area contributed by atoms with Crippen molar-refractivity contribution in [2.45, 2.75) is 31.0 Å². The Kier molecular flexibility index (Phi) is 5.11. The Balaban J connectivity index is 1.62. The van der Waals surface area contributed by atoms with Crippen molar-refractivity contribution in [1.82, 2.24) is 19.5 Å². The van der Waals surface area contributed by atoms with Gasteiger partial charge in [-0.3, -0.25) is 24.5 Å². The van der Waals surface area contributed by atoms with Gasteiger partial charge in [0.2, 0.25) is 11.9 Å². The first-order chi connectivity index (χ1) is 14.0. The van der Waals surface area contributed by atoms with Crippen molar-refractivity contribution in [2.75, 3.05) is 11.9 Å². The molecule has 11 nitrogen and oxygen atoms in total. The molecule has 2 aromatic heterocycles. The van der Waals surface area contributed by atoms with E-state index in [-0.39, 0.29) is 29.4 Å². The van der Waals surface area contributed by atoms with Crippen LogP contribution in [0.4, 0.5) is 5.95 Å². The fraction of sp³-hybridized carbons (Fsp3) is 0.333. The normalized spacial score (nSPS) is 24.1. The van der Waals surface area contributed by atoms with E-state index in [0.717, 1.165) is 5.56 Å². The van der Waals surface area contributed by atoms with Crippen LogP contribution in [-0.4, -0.2) is 65.7 Å². The SMILES string of the molecule is O=C(Cc1ccccc1)Nc1nc2c(ncn2[C@H]2O[C@@H](CO)[C@H](O)[C@@H]2O)c(=O)[nH]1. The van der Waals surface area contributed by atoms with Crippen LogP contribution in [0.1, 0.15) is 11.8 Å². The van der Waals surface area contributed by atoms with Gasteiger partial charge in [0.05, 0.1) is 19.4 Å².